The number of nitrogens with zero attached hydrogens (tertiary/aromatic N) is 2. The van der Waals surface area contributed by atoms with Gasteiger partial charge in [-0.1, -0.05) is 24.6 Å². The van der Waals surface area contributed by atoms with Crippen molar-refractivity contribution in [2.24, 2.45) is 5.73 Å². The minimum Gasteiger partial charge on any atom is -0.442 e. The van der Waals surface area contributed by atoms with Crippen molar-refractivity contribution in [2.45, 2.75) is 32.6 Å². The molecule has 0 aliphatic heterocycles. The number of nitrogens with two attached hydrogens (primary N) is 1. The number of pyridine rings is 1. The first-order chi connectivity index (χ1) is 15.3. The van der Waals surface area contributed by atoms with Crippen molar-refractivity contribution in [3.63, 3.8) is 0 Å². The maximum atomic E-state index is 12.2. The van der Waals surface area contributed by atoms with Gasteiger partial charge in [0.15, 0.2) is 0 Å². The molecule has 0 spiro atoms. The number of aryl methyl sites for hydroxylation is 2. The molecule has 3 rings (SSSR count). The molecule has 0 aliphatic rings. The summed E-state index contributed by atoms with van der Waals surface area (Å²) in [7, 11) is 2.12. The van der Waals surface area contributed by atoms with Crippen molar-refractivity contribution in [3.8, 4) is 0 Å². The minimum absolute atomic E-state index is 0.178. The summed E-state index contributed by atoms with van der Waals surface area (Å²) in [5.41, 5.74) is 7.39. The van der Waals surface area contributed by atoms with Crippen molar-refractivity contribution in [2.75, 3.05) is 31.2 Å². The Morgan fingerprint density at radius 1 is 1.25 bits per heavy atom. The first-order valence-electron chi connectivity index (χ1n) is 10.4. The molecule has 0 radical (unpaired) electrons. The highest BCUT2D eigenvalue weighted by Gasteiger charge is 2.22. The number of aromatic nitrogens is 1. The van der Waals surface area contributed by atoms with Crippen LogP contribution < -0.4 is 15.4 Å². The van der Waals surface area contributed by atoms with Crippen molar-refractivity contribution >= 4 is 33.8 Å². The SMILES string of the molecule is CNC(=O)c1c(C)oc2nc(N(C)S(C)=O)c(CCCCCN)cc12.Fc1ccccc1. The fraction of sp³-hybridized carbons (Fsp3) is 0.391. The molecule has 0 saturated carbocycles. The minimum atomic E-state index is -1.20. The molecule has 174 valence electrons. The highest BCUT2D eigenvalue weighted by molar-refractivity contribution is 7.85. The van der Waals surface area contributed by atoms with E-state index in [0.717, 1.165) is 31.2 Å². The molecule has 3 aromatic rings. The molecule has 1 atom stereocenters. The summed E-state index contributed by atoms with van der Waals surface area (Å²) < 4.78 is 31.1. The summed E-state index contributed by atoms with van der Waals surface area (Å²) in [5, 5.41) is 3.32. The third-order valence-corrected chi connectivity index (χ3v) is 5.88. The molecular weight excluding hydrogens is 431 g/mol. The van der Waals surface area contributed by atoms with Gasteiger partial charge in [0, 0.05) is 20.4 Å². The summed E-state index contributed by atoms with van der Waals surface area (Å²) in [6.07, 6.45) is 5.31. The lowest BCUT2D eigenvalue weighted by Crippen LogP contribution is -2.22. The van der Waals surface area contributed by atoms with E-state index in [1.54, 1.807) is 49.8 Å². The quantitative estimate of drug-likeness (QED) is 0.497. The largest absolute Gasteiger partial charge is 0.442 e. The van der Waals surface area contributed by atoms with Gasteiger partial charge in [-0.25, -0.2) is 8.60 Å². The van der Waals surface area contributed by atoms with E-state index >= 15 is 0 Å². The van der Waals surface area contributed by atoms with E-state index in [1.165, 1.54) is 12.1 Å². The molecule has 0 bridgehead atoms. The van der Waals surface area contributed by atoms with E-state index in [2.05, 4.69) is 10.3 Å². The molecule has 32 heavy (non-hydrogen) atoms. The third kappa shape index (κ3) is 6.61. The maximum Gasteiger partial charge on any atom is 0.255 e. The predicted octanol–water partition coefficient (Wildman–Crippen LogP) is 3.72. The maximum absolute atomic E-state index is 12.2. The van der Waals surface area contributed by atoms with Crippen LogP contribution in [0.1, 0.15) is 40.9 Å². The number of amides is 1. The van der Waals surface area contributed by atoms with Crippen LogP contribution in [0.5, 0.6) is 0 Å². The molecule has 9 heteroatoms. The lowest BCUT2D eigenvalue weighted by Gasteiger charge is -2.18. The number of anilines is 1. The number of halogens is 1. The summed E-state index contributed by atoms with van der Waals surface area (Å²) >= 11 is 0. The Balaban J connectivity index is 0.000000439. The molecule has 1 amide bonds. The zero-order valence-corrected chi connectivity index (χ0v) is 19.8. The van der Waals surface area contributed by atoms with Crippen molar-refractivity contribution in [1.82, 2.24) is 10.3 Å². The van der Waals surface area contributed by atoms with Crippen molar-refractivity contribution in [3.05, 3.63) is 59.1 Å². The Kier molecular flexibility index (Phi) is 9.80. The first-order valence-corrected chi connectivity index (χ1v) is 11.9. The number of furan rings is 1. The topological polar surface area (TPSA) is 101 Å². The van der Waals surface area contributed by atoms with E-state index < -0.39 is 11.0 Å². The van der Waals surface area contributed by atoms with Crippen LogP contribution in [-0.2, 0) is 17.4 Å². The third-order valence-electron chi connectivity index (χ3n) is 4.94. The van der Waals surface area contributed by atoms with Crippen LogP contribution in [0.4, 0.5) is 10.2 Å². The lowest BCUT2D eigenvalue weighted by atomic mass is 10.0. The van der Waals surface area contributed by atoms with E-state index in [-0.39, 0.29) is 11.7 Å². The van der Waals surface area contributed by atoms with Gasteiger partial charge in [0.25, 0.3) is 5.91 Å². The van der Waals surface area contributed by atoms with Gasteiger partial charge >= 0.3 is 0 Å². The van der Waals surface area contributed by atoms with E-state index in [0.29, 0.717) is 34.8 Å². The molecular formula is C23H31FN4O3S. The summed E-state index contributed by atoms with van der Waals surface area (Å²) in [5.74, 6) is 0.765. The second kappa shape index (κ2) is 12.3. The molecule has 2 heterocycles. The molecule has 3 N–H and O–H groups in total. The van der Waals surface area contributed by atoms with Gasteiger partial charge in [0.1, 0.15) is 28.4 Å². The van der Waals surface area contributed by atoms with E-state index in [1.807, 2.05) is 6.07 Å². The van der Waals surface area contributed by atoms with Crippen molar-refractivity contribution in [1.29, 1.82) is 0 Å². The lowest BCUT2D eigenvalue weighted by molar-refractivity contribution is 0.0963. The normalized spacial score (nSPS) is 11.6. The van der Waals surface area contributed by atoms with Gasteiger partial charge < -0.3 is 15.5 Å². The highest BCUT2D eigenvalue weighted by atomic mass is 32.2. The Hall–Kier alpha value is -2.78. The molecule has 7 nitrogen and oxygen atoms in total. The van der Waals surface area contributed by atoms with E-state index in [4.69, 9.17) is 10.2 Å². The van der Waals surface area contributed by atoms with Crippen LogP contribution in [0.3, 0.4) is 0 Å². The van der Waals surface area contributed by atoms with Crippen LogP contribution in [0.25, 0.3) is 11.1 Å². The standard InChI is InChI=1S/C17H26N4O3S.C6H5F/c1-11-14(16(22)19-2)13-10-12(8-6-5-7-9-18)15(20-17(13)24-11)21(3)25(4)23;7-6-4-2-1-3-5-6/h10H,5-9,18H2,1-4H3,(H,19,22);1-5H. The highest BCUT2D eigenvalue weighted by Crippen LogP contribution is 2.30. The summed E-state index contributed by atoms with van der Waals surface area (Å²) in [4.78, 5) is 16.7. The zero-order chi connectivity index (χ0) is 23.7. The smallest absolute Gasteiger partial charge is 0.255 e. The second-order valence-corrected chi connectivity index (χ2v) is 8.65. The van der Waals surface area contributed by atoms with Gasteiger partial charge in [0.05, 0.1) is 10.9 Å². The molecule has 0 fully saturated rings. The monoisotopic (exact) mass is 462 g/mol. The molecule has 2 aromatic heterocycles. The first kappa shape index (κ1) is 25.5. The number of benzene rings is 1. The second-order valence-electron chi connectivity index (χ2n) is 7.25. The Morgan fingerprint density at radius 3 is 2.47 bits per heavy atom. The number of hydrogen-bond acceptors (Lipinski definition) is 5. The Morgan fingerprint density at radius 2 is 1.94 bits per heavy atom. The Bertz CT molecular complexity index is 1060. The van der Waals surface area contributed by atoms with Gasteiger partial charge in [-0.3, -0.25) is 9.10 Å². The van der Waals surface area contributed by atoms with Gasteiger partial charge in [-0.05, 0) is 56.5 Å². The van der Waals surface area contributed by atoms with Crippen LogP contribution in [0.15, 0.2) is 40.8 Å². The molecule has 1 unspecified atom stereocenters. The van der Waals surface area contributed by atoms with Crippen LogP contribution in [-0.4, -0.2) is 42.0 Å². The number of fused-ring (bicyclic) bond motifs is 1. The molecule has 1 aromatic carbocycles. The predicted molar refractivity (Wildman–Crippen MR) is 128 cm³/mol. The Labute approximate surface area is 190 Å². The number of unbranched alkanes of at least 4 members (excludes halogenated alkanes) is 2. The van der Waals surface area contributed by atoms with Gasteiger partial charge in [-0.2, -0.15) is 4.98 Å². The van der Waals surface area contributed by atoms with Crippen LogP contribution in [0.2, 0.25) is 0 Å². The number of rotatable bonds is 8. The number of nitrogens with one attached hydrogen (secondary N) is 1. The summed E-state index contributed by atoms with van der Waals surface area (Å²) in [6, 6.07) is 9.87. The van der Waals surface area contributed by atoms with Crippen LogP contribution in [0, 0.1) is 12.7 Å². The van der Waals surface area contributed by atoms with E-state index in [9.17, 15) is 13.4 Å². The summed E-state index contributed by atoms with van der Waals surface area (Å²) in [6.45, 7) is 2.42. The number of hydrogen-bond donors (Lipinski definition) is 2. The van der Waals surface area contributed by atoms with Crippen molar-refractivity contribution < 1.29 is 17.8 Å². The molecule has 0 saturated heterocycles. The average molecular weight is 463 g/mol. The van der Waals surface area contributed by atoms with Crippen LogP contribution >= 0.6 is 0 Å². The average Bonchev–Trinajstić information content (AvgIpc) is 3.10. The fourth-order valence-corrected chi connectivity index (χ4v) is 3.61. The zero-order valence-electron chi connectivity index (χ0n) is 19.0. The molecule has 0 aliphatic carbocycles. The number of carbonyl (C=O) groups excluding carboxylic acids is 1. The number of carbonyl (C=O) groups is 1. The van der Waals surface area contributed by atoms with Gasteiger partial charge in [0.2, 0.25) is 5.71 Å². The van der Waals surface area contributed by atoms with Gasteiger partial charge in [-0.15, -0.1) is 0 Å². The fourth-order valence-electron chi connectivity index (χ4n) is 3.21.